The summed E-state index contributed by atoms with van der Waals surface area (Å²) in [4.78, 5) is 26.9. The van der Waals surface area contributed by atoms with E-state index in [1.807, 2.05) is 25.1 Å². The molecule has 0 bridgehead atoms. The van der Waals surface area contributed by atoms with Crippen LogP contribution in [-0.4, -0.2) is 36.6 Å². The number of hydrogen-bond acceptors (Lipinski definition) is 4. The predicted octanol–water partition coefficient (Wildman–Crippen LogP) is 1.75. The number of rotatable bonds is 4. The van der Waals surface area contributed by atoms with E-state index >= 15 is 0 Å². The molecule has 0 spiro atoms. The van der Waals surface area contributed by atoms with Crippen LogP contribution in [0.25, 0.3) is 0 Å². The molecule has 0 aromatic heterocycles. The predicted molar refractivity (Wildman–Crippen MR) is 96.1 cm³/mol. The molecule has 7 heteroatoms. The van der Waals surface area contributed by atoms with Crippen LogP contribution in [0.2, 0.25) is 0 Å². The van der Waals surface area contributed by atoms with Gasteiger partial charge in [0.25, 0.3) is 0 Å². The Kier molecular flexibility index (Phi) is 4.56. The molecule has 2 fully saturated rings. The second-order valence-corrected chi connectivity index (χ2v) is 6.82. The van der Waals surface area contributed by atoms with Crippen LogP contribution in [0.3, 0.4) is 0 Å². The lowest BCUT2D eigenvalue weighted by Gasteiger charge is -2.37. The lowest BCUT2D eigenvalue weighted by atomic mass is 9.67. The summed E-state index contributed by atoms with van der Waals surface area (Å²) in [5, 5.41) is 2.83. The number of nitrogens with two attached hydrogens (primary N) is 1. The van der Waals surface area contributed by atoms with E-state index in [0.717, 1.165) is 29.2 Å². The third kappa shape index (κ3) is 2.89. The summed E-state index contributed by atoms with van der Waals surface area (Å²) in [6.07, 6.45) is 1.89. The van der Waals surface area contributed by atoms with Crippen LogP contribution in [0.1, 0.15) is 24.8 Å². The first-order valence-electron chi connectivity index (χ1n) is 8.04. The fourth-order valence-corrected chi connectivity index (χ4v) is 3.45. The number of nitrogens with zero attached hydrogens (tertiary/aromatic N) is 1. The lowest BCUT2D eigenvalue weighted by Crippen LogP contribution is -2.51. The van der Waals surface area contributed by atoms with Crippen LogP contribution >= 0.6 is 12.2 Å². The van der Waals surface area contributed by atoms with Gasteiger partial charge in [-0.25, -0.2) is 0 Å². The van der Waals surface area contributed by atoms with E-state index in [1.165, 1.54) is 0 Å². The van der Waals surface area contributed by atoms with Gasteiger partial charge in [0.05, 0.1) is 13.2 Å². The Morgan fingerprint density at radius 3 is 2.67 bits per heavy atom. The van der Waals surface area contributed by atoms with E-state index in [2.05, 4.69) is 10.2 Å². The quantitative estimate of drug-likeness (QED) is 0.640. The number of benzene rings is 1. The van der Waals surface area contributed by atoms with Crippen molar-refractivity contribution in [3.8, 4) is 0 Å². The number of primary amides is 1. The van der Waals surface area contributed by atoms with Crippen molar-refractivity contribution in [2.45, 2.75) is 26.2 Å². The third-order valence-corrected chi connectivity index (χ3v) is 5.18. The number of thiocarbonyl (C=S) groups is 1. The van der Waals surface area contributed by atoms with Gasteiger partial charge in [0.2, 0.25) is 11.8 Å². The average Bonchev–Trinajstić information content (AvgIpc) is 2.47. The highest BCUT2D eigenvalue weighted by molar-refractivity contribution is 7.80. The Labute approximate surface area is 146 Å². The smallest absolute Gasteiger partial charge is 0.240 e. The van der Waals surface area contributed by atoms with Crippen molar-refractivity contribution in [3.05, 3.63) is 23.8 Å². The number of ether oxygens (including phenoxy) is 1. The van der Waals surface area contributed by atoms with Crippen molar-refractivity contribution < 1.29 is 14.3 Å². The van der Waals surface area contributed by atoms with Crippen LogP contribution < -0.4 is 16.0 Å². The van der Waals surface area contributed by atoms with Gasteiger partial charge in [-0.05, 0) is 43.5 Å². The largest absolute Gasteiger partial charge is 0.372 e. The summed E-state index contributed by atoms with van der Waals surface area (Å²) in [5.74, 6) is -0.853. The minimum atomic E-state index is -1.04. The fourth-order valence-electron chi connectivity index (χ4n) is 3.18. The number of anilines is 2. The topological polar surface area (TPSA) is 84.7 Å². The van der Waals surface area contributed by atoms with Crippen molar-refractivity contribution in [2.75, 3.05) is 30.0 Å². The van der Waals surface area contributed by atoms with Crippen molar-refractivity contribution in [2.24, 2.45) is 11.1 Å². The number of aryl methyl sites for hydroxylation is 1. The molecule has 3 N–H and O–H groups in total. The van der Waals surface area contributed by atoms with E-state index in [-0.39, 0.29) is 5.91 Å². The minimum absolute atomic E-state index is 0.310. The molecule has 1 aromatic rings. The number of amides is 2. The van der Waals surface area contributed by atoms with Gasteiger partial charge >= 0.3 is 0 Å². The van der Waals surface area contributed by atoms with E-state index in [1.54, 1.807) is 0 Å². The second-order valence-electron chi connectivity index (χ2n) is 6.35. The van der Waals surface area contributed by atoms with Gasteiger partial charge in [0.15, 0.2) is 0 Å². The maximum Gasteiger partial charge on any atom is 0.240 e. The molecule has 6 nitrogen and oxygen atoms in total. The Morgan fingerprint density at radius 2 is 2.12 bits per heavy atom. The summed E-state index contributed by atoms with van der Waals surface area (Å²) in [6, 6.07) is 5.64. The zero-order chi connectivity index (χ0) is 17.3. The van der Waals surface area contributed by atoms with Crippen LogP contribution in [0.5, 0.6) is 0 Å². The molecule has 1 aromatic carbocycles. The Balaban J connectivity index is 1.76. The van der Waals surface area contributed by atoms with Crippen molar-refractivity contribution in [1.29, 1.82) is 0 Å². The van der Waals surface area contributed by atoms with Crippen LogP contribution in [0.15, 0.2) is 18.2 Å². The van der Waals surface area contributed by atoms with Crippen molar-refractivity contribution >= 4 is 40.4 Å². The van der Waals surface area contributed by atoms with E-state index < -0.39 is 11.3 Å². The SMILES string of the molecule is Cc1cc(NC(=O)C2(C(N)=O)CCC2)ccc1N1CCOCC1=S. The molecule has 0 unspecified atom stereocenters. The van der Waals surface area contributed by atoms with Gasteiger partial charge in [-0.3, -0.25) is 9.59 Å². The first kappa shape index (κ1) is 16.9. The minimum Gasteiger partial charge on any atom is -0.372 e. The van der Waals surface area contributed by atoms with Crippen LogP contribution in [0, 0.1) is 12.3 Å². The summed E-state index contributed by atoms with van der Waals surface area (Å²) in [7, 11) is 0. The standard InChI is InChI=1S/C17H21N3O3S/c1-11-9-12(19-16(22)17(15(18)21)5-2-6-17)3-4-13(11)20-7-8-23-10-14(20)24/h3-4,9H,2,5-8,10H2,1H3,(H2,18,21)(H,19,22). The number of nitrogens with one attached hydrogen (secondary N) is 1. The van der Waals surface area contributed by atoms with Gasteiger partial charge < -0.3 is 20.7 Å². The third-order valence-electron chi connectivity index (χ3n) is 4.84. The number of morpholine rings is 1. The van der Waals surface area contributed by atoms with E-state index in [4.69, 9.17) is 22.7 Å². The maximum absolute atomic E-state index is 12.4. The monoisotopic (exact) mass is 347 g/mol. The highest BCUT2D eigenvalue weighted by Crippen LogP contribution is 2.41. The second kappa shape index (κ2) is 6.49. The Bertz CT molecular complexity index is 700. The van der Waals surface area contributed by atoms with Crippen molar-refractivity contribution in [1.82, 2.24) is 0 Å². The van der Waals surface area contributed by atoms with Crippen LogP contribution in [-0.2, 0) is 14.3 Å². The molecule has 2 aliphatic rings. The molecule has 1 aliphatic carbocycles. The molecule has 0 atom stereocenters. The molecule has 1 saturated heterocycles. The molecule has 0 radical (unpaired) electrons. The molecule has 1 heterocycles. The maximum atomic E-state index is 12.4. The molecule has 24 heavy (non-hydrogen) atoms. The van der Waals surface area contributed by atoms with Crippen LogP contribution in [0.4, 0.5) is 11.4 Å². The molecular weight excluding hydrogens is 326 g/mol. The number of carbonyl (C=O) groups excluding carboxylic acids is 2. The summed E-state index contributed by atoms with van der Waals surface area (Å²) >= 11 is 5.35. The lowest BCUT2D eigenvalue weighted by molar-refractivity contribution is -0.144. The number of carbonyl (C=O) groups is 2. The van der Waals surface area contributed by atoms with Gasteiger partial charge in [-0.2, -0.15) is 0 Å². The van der Waals surface area contributed by atoms with Gasteiger partial charge in [0, 0.05) is 17.9 Å². The van der Waals surface area contributed by atoms with Gasteiger partial charge in [0.1, 0.15) is 10.4 Å². The summed E-state index contributed by atoms with van der Waals surface area (Å²) in [5.41, 5.74) is 7.05. The highest BCUT2D eigenvalue weighted by atomic mass is 32.1. The van der Waals surface area contributed by atoms with Gasteiger partial charge in [-0.15, -0.1) is 0 Å². The first-order valence-corrected chi connectivity index (χ1v) is 8.45. The normalized spacial score (nSPS) is 19.5. The molecule has 1 aliphatic heterocycles. The van der Waals surface area contributed by atoms with Crippen molar-refractivity contribution in [3.63, 3.8) is 0 Å². The Morgan fingerprint density at radius 1 is 1.38 bits per heavy atom. The molecular formula is C17H21N3O3S. The summed E-state index contributed by atoms with van der Waals surface area (Å²) in [6.45, 7) is 3.78. The zero-order valence-electron chi connectivity index (χ0n) is 13.6. The zero-order valence-corrected chi connectivity index (χ0v) is 14.4. The molecule has 2 amide bonds. The highest BCUT2D eigenvalue weighted by Gasteiger charge is 2.49. The van der Waals surface area contributed by atoms with Gasteiger partial charge in [-0.1, -0.05) is 18.6 Å². The average molecular weight is 347 g/mol. The molecule has 128 valence electrons. The fraction of sp³-hybridized carbons (Fsp3) is 0.471. The van der Waals surface area contributed by atoms with E-state index in [9.17, 15) is 9.59 Å². The summed E-state index contributed by atoms with van der Waals surface area (Å²) < 4.78 is 5.34. The van der Waals surface area contributed by atoms with E-state index in [0.29, 0.717) is 31.7 Å². The molecule has 3 rings (SSSR count). The molecule has 1 saturated carbocycles. The first-order chi connectivity index (χ1) is 11.4. The Hall–Kier alpha value is -1.99. The number of hydrogen-bond donors (Lipinski definition) is 2.